The fourth-order valence-electron chi connectivity index (χ4n) is 8.47. The Bertz CT molecular complexity index is 2200. The van der Waals surface area contributed by atoms with Crippen molar-refractivity contribution in [1.82, 2.24) is 10.6 Å². The van der Waals surface area contributed by atoms with Gasteiger partial charge in [-0.1, -0.05) is 158 Å². The van der Waals surface area contributed by atoms with Crippen LogP contribution in [-0.2, 0) is 20.4 Å². The highest BCUT2D eigenvalue weighted by Gasteiger charge is 2.88. The van der Waals surface area contributed by atoms with E-state index >= 15 is 26.3 Å². The minimum absolute atomic E-state index is 0.523. The molecule has 0 aromatic heterocycles. The van der Waals surface area contributed by atoms with Crippen molar-refractivity contribution in [2.75, 3.05) is 0 Å². The van der Waals surface area contributed by atoms with Gasteiger partial charge in [-0.05, 0) is 46.5 Å². The predicted molar refractivity (Wildman–Crippen MR) is 208 cm³/mol. The average molecular weight is 825 g/mol. The number of benzene rings is 6. The van der Waals surface area contributed by atoms with Gasteiger partial charge in [0.1, 0.15) is 0 Å². The van der Waals surface area contributed by atoms with Gasteiger partial charge in [-0.25, -0.2) is 9.59 Å². The monoisotopic (exact) mass is 824 g/mol. The molecular weight excluding hydrogens is 791 g/mol. The molecule has 4 N–H and O–H groups in total. The largest absolute Gasteiger partial charge is 0.479 e. The summed E-state index contributed by atoms with van der Waals surface area (Å²) in [7, 11) is 0. The molecule has 0 saturated heterocycles. The van der Waals surface area contributed by atoms with Crippen LogP contribution in [0.4, 0.5) is 26.3 Å². The standard InChI is InChI=1S/C46H34F6N2O6/c47-45(48,49)43(39(57)58,53-37(55)31-19-7-1-8-20-31)41(33-23-11-3-12-24-33,34-25-13-4-14-26-34)42(35-27-15-5-16-28-35,36-29-17-6-18-30-36)44(40(59)60,46(50,51)52)54-38(56)32-21-9-2-10-22-32/h1-30H,(H,53,55)(H,54,56)(H,57,58)(H,59,60). The van der Waals surface area contributed by atoms with Crippen molar-refractivity contribution < 1.29 is 55.7 Å². The van der Waals surface area contributed by atoms with Gasteiger partial charge in [-0.15, -0.1) is 0 Å². The SMILES string of the molecule is O=C(NC(C(=O)O)(C(F)(F)F)C(c1ccccc1)(c1ccccc1)C(c1ccccc1)(c1ccccc1)C(NC(=O)c1ccccc1)(C(=O)O)C(F)(F)F)c1ccccc1. The summed E-state index contributed by atoms with van der Waals surface area (Å²) in [6.07, 6.45) is -12.6. The first-order valence-electron chi connectivity index (χ1n) is 18.1. The minimum Gasteiger partial charge on any atom is -0.479 e. The zero-order valence-electron chi connectivity index (χ0n) is 31.1. The van der Waals surface area contributed by atoms with Gasteiger partial charge in [0.05, 0.1) is 10.8 Å². The lowest BCUT2D eigenvalue weighted by Gasteiger charge is -2.64. The lowest BCUT2D eigenvalue weighted by Crippen LogP contribution is -2.87. The van der Waals surface area contributed by atoms with Crippen molar-refractivity contribution in [3.8, 4) is 0 Å². The molecule has 0 spiro atoms. The number of rotatable bonds is 13. The maximum absolute atomic E-state index is 17.2. The van der Waals surface area contributed by atoms with Gasteiger partial charge in [0.15, 0.2) is 0 Å². The molecule has 6 aromatic carbocycles. The van der Waals surface area contributed by atoms with E-state index < -0.39 is 91.4 Å². The van der Waals surface area contributed by atoms with Crippen LogP contribution in [0.3, 0.4) is 0 Å². The molecule has 0 aliphatic carbocycles. The van der Waals surface area contributed by atoms with Crippen LogP contribution in [-0.4, -0.2) is 57.4 Å². The number of hydrogen-bond donors (Lipinski definition) is 4. The van der Waals surface area contributed by atoms with E-state index in [1.165, 1.54) is 60.7 Å². The Morgan fingerprint density at radius 2 is 0.550 bits per heavy atom. The number of carbonyl (C=O) groups is 4. The van der Waals surface area contributed by atoms with Crippen molar-refractivity contribution in [1.29, 1.82) is 0 Å². The Morgan fingerprint density at radius 3 is 0.733 bits per heavy atom. The van der Waals surface area contributed by atoms with Gasteiger partial charge in [0, 0.05) is 11.1 Å². The molecule has 0 bridgehead atoms. The van der Waals surface area contributed by atoms with Crippen LogP contribution in [0.5, 0.6) is 0 Å². The first-order chi connectivity index (χ1) is 28.5. The lowest BCUT2D eigenvalue weighted by atomic mass is 9.39. The van der Waals surface area contributed by atoms with Gasteiger partial charge >= 0.3 is 24.3 Å². The van der Waals surface area contributed by atoms with Crippen LogP contribution < -0.4 is 10.6 Å². The van der Waals surface area contributed by atoms with Crippen molar-refractivity contribution >= 4 is 23.8 Å². The summed E-state index contributed by atoms with van der Waals surface area (Å²) in [6, 6.07) is 33.8. The molecule has 2 amide bonds. The molecular formula is C46H34F6N2O6. The number of amides is 2. The quantitative estimate of drug-likeness (QED) is 0.0864. The maximum Gasteiger partial charge on any atom is 0.423 e. The summed E-state index contributed by atoms with van der Waals surface area (Å²) in [5, 5.41) is 26.5. The van der Waals surface area contributed by atoms with Crippen LogP contribution in [0.25, 0.3) is 0 Å². The van der Waals surface area contributed by atoms with Gasteiger partial charge in [-0.2, -0.15) is 26.3 Å². The number of halogens is 6. The van der Waals surface area contributed by atoms with Gasteiger partial charge in [0.25, 0.3) is 11.8 Å². The molecule has 0 radical (unpaired) electrons. The zero-order chi connectivity index (χ0) is 43.4. The van der Waals surface area contributed by atoms with Crippen molar-refractivity contribution in [2.45, 2.75) is 34.3 Å². The molecule has 2 atom stereocenters. The molecule has 0 aliphatic heterocycles. The van der Waals surface area contributed by atoms with Crippen LogP contribution in [0.1, 0.15) is 43.0 Å². The summed E-state index contributed by atoms with van der Waals surface area (Å²) in [4.78, 5) is 57.7. The maximum atomic E-state index is 17.2. The highest BCUT2D eigenvalue weighted by atomic mass is 19.4. The molecule has 0 aliphatic rings. The highest BCUT2D eigenvalue weighted by Crippen LogP contribution is 2.68. The lowest BCUT2D eigenvalue weighted by molar-refractivity contribution is -0.251. The van der Waals surface area contributed by atoms with Gasteiger partial charge in [0.2, 0.25) is 11.1 Å². The predicted octanol–water partition coefficient (Wildman–Crippen LogP) is 8.59. The second-order valence-corrected chi connectivity index (χ2v) is 13.7. The van der Waals surface area contributed by atoms with E-state index in [1.54, 1.807) is 10.6 Å². The first kappa shape index (κ1) is 42.4. The number of hydrogen-bond acceptors (Lipinski definition) is 4. The minimum atomic E-state index is -6.32. The molecule has 306 valence electrons. The summed E-state index contributed by atoms with van der Waals surface area (Å²) in [6.45, 7) is 0. The molecule has 2 unspecified atom stereocenters. The van der Waals surface area contributed by atoms with Gasteiger partial charge in [-0.3, -0.25) is 9.59 Å². The Morgan fingerprint density at radius 1 is 0.350 bits per heavy atom. The number of carboxylic acid groups (broad SMARTS) is 2. The van der Waals surface area contributed by atoms with E-state index in [0.29, 0.717) is 0 Å². The highest BCUT2D eigenvalue weighted by molar-refractivity contribution is 6.02. The molecule has 14 heteroatoms. The molecule has 0 fully saturated rings. The Labute approximate surface area is 339 Å². The second kappa shape index (κ2) is 16.2. The van der Waals surface area contributed by atoms with Crippen LogP contribution in [0.15, 0.2) is 182 Å². The van der Waals surface area contributed by atoms with Crippen LogP contribution >= 0.6 is 0 Å². The number of carbonyl (C=O) groups excluding carboxylic acids is 2. The average Bonchev–Trinajstić information content (AvgIpc) is 3.25. The van der Waals surface area contributed by atoms with Crippen molar-refractivity contribution in [2.24, 2.45) is 0 Å². The number of nitrogens with one attached hydrogen (secondary N) is 2. The molecule has 0 heterocycles. The summed E-state index contributed by atoms with van der Waals surface area (Å²) < 4.78 is 103. The fourth-order valence-corrected chi connectivity index (χ4v) is 8.47. The summed E-state index contributed by atoms with van der Waals surface area (Å²) in [5.41, 5.74) is -22.4. The molecule has 6 aromatic rings. The number of carboxylic acids is 2. The molecule has 60 heavy (non-hydrogen) atoms. The first-order valence-corrected chi connectivity index (χ1v) is 18.1. The third-order valence-electron chi connectivity index (χ3n) is 10.7. The van der Waals surface area contributed by atoms with E-state index in [1.807, 2.05) is 0 Å². The molecule has 0 saturated carbocycles. The zero-order valence-corrected chi connectivity index (χ0v) is 31.1. The summed E-state index contributed by atoms with van der Waals surface area (Å²) >= 11 is 0. The van der Waals surface area contributed by atoms with Crippen molar-refractivity contribution in [3.05, 3.63) is 215 Å². The summed E-state index contributed by atoms with van der Waals surface area (Å²) in [5.74, 6) is -9.22. The topological polar surface area (TPSA) is 133 Å². The smallest absolute Gasteiger partial charge is 0.423 e. The van der Waals surface area contributed by atoms with Crippen LogP contribution in [0, 0.1) is 0 Å². The van der Waals surface area contributed by atoms with Crippen molar-refractivity contribution in [3.63, 3.8) is 0 Å². The van der Waals surface area contributed by atoms with E-state index in [4.69, 9.17) is 0 Å². The van der Waals surface area contributed by atoms with E-state index in [0.717, 1.165) is 121 Å². The Hall–Kier alpha value is -7.22. The van der Waals surface area contributed by atoms with E-state index in [9.17, 15) is 29.4 Å². The third-order valence-corrected chi connectivity index (χ3v) is 10.7. The second-order valence-electron chi connectivity index (χ2n) is 13.7. The Balaban J connectivity index is 2.07. The Kier molecular flexibility index (Phi) is 11.4. The van der Waals surface area contributed by atoms with Crippen LogP contribution in [0.2, 0.25) is 0 Å². The number of aliphatic carboxylic acids is 2. The number of alkyl halides is 6. The molecule has 8 nitrogen and oxygen atoms in total. The fraction of sp³-hybridized carbons (Fsp3) is 0.130. The normalized spacial score (nSPS) is 14.2. The van der Waals surface area contributed by atoms with Gasteiger partial charge < -0.3 is 20.8 Å². The third kappa shape index (κ3) is 6.44. The van der Waals surface area contributed by atoms with E-state index in [-0.39, 0.29) is 0 Å². The molecule has 6 rings (SSSR count). The van der Waals surface area contributed by atoms with E-state index in [2.05, 4.69) is 0 Å².